The van der Waals surface area contributed by atoms with Crippen LogP contribution < -0.4 is 0 Å². The third-order valence-corrected chi connectivity index (χ3v) is 2.39. The maximum Gasteiger partial charge on any atom is 0.251 e. The van der Waals surface area contributed by atoms with Crippen molar-refractivity contribution in [3.8, 4) is 0 Å². The SMILES string of the molecule is CC(O)C1CCN(CC(F)F)C1. The summed E-state index contributed by atoms with van der Waals surface area (Å²) in [6.45, 7) is 2.88. The smallest absolute Gasteiger partial charge is 0.251 e. The fraction of sp³-hybridized carbons (Fsp3) is 1.00. The number of hydrogen-bond acceptors (Lipinski definition) is 2. The molecule has 0 aromatic heterocycles. The topological polar surface area (TPSA) is 23.5 Å². The highest BCUT2D eigenvalue weighted by Gasteiger charge is 2.27. The molecule has 1 N–H and O–H groups in total. The van der Waals surface area contributed by atoms with Gasteiger partial charge in [-0.3, -0.25) is 4.90 Å². The zero-order valence-electron chi connectivity index (χ0n) is 7.21. The third kappa shape index (κ3) is 2.68. The van der Waals surface area contributed by atoms with E-state index in [1.807, 2.05) is 0 Å². The largest absolute Gasteiger partial charge is 0.393 e. The molecule has 0 amide bonds. The lowest BCUT2D eigenvalue weighted by atomic mass is 10.0. The van der Waals surface area contributed by atoms with E-state index in [2.05, 4.69) is 0 Å². The standard InChI is InChI=1S/C8H15F2NO/c1-6(12)7-2-3-11(4-7)5-8(9)10/h6-8,12H,2-5H2,1H3. The summed E-state index contributed by atoms with van der Waals surface area (Å²) < 4.78 is 23.8. The molecule has 1 rings (SSSR count). The van der Waals surface area contributed by atoms with Gasteiger partial charge in [-0.1, -0.05) is 0 Å². The molecular formula is C8H15F2NO. The van der Waals surface area contributed by atoms with Crippen molar-refractivity contribution in [2.75, 3.05) is 19.6 Å². The monoisotopic (exact) mass is 179 g/mol. The molecule has 2 atom stereocenters. The van der Waals surface area contributed by atoms with Gasteiger partial charge in [-0.2, -0.15) is 0 Å². The molecule has 0 aromatic rings. The Hall–Kier alpha value is -0.220. The van der Waals surface area contributed by atoms with Gasteiger partial charge in [0, 0.05) is 6.54 Å². The van der Waals surface area contributed by atoms with Gasteiger partial charge >= 0.3 is 0 Å². The first-order valence-corrected chi connectivity index (χ1v) is 4.28. The van der Waals surface area contributed by atoms with Crippen LogP contribution in [0.5, 0.6) is 0 Å². The lowest BCUT2D eigenvalue weighted by Crippen LogP contribution is -2.28. The van der Waals surface area contributed by atoms with E-state index in [1.165, 1.54) is 0 Å². The first kappa shape index (κ1) is 9.86. The van der Waals surface area contributed by atoms with Crippen LogP contribution in [-0.2, 0) is 0 Å². The van der Waals surface area contributed by atoms with Gasteiger partial charge in [-0.15, -0.1) is 0 Å². The van der Waals surface area contributed by atoms with E-state index in [9.17, 15) is 13.9 Å². The summed E-state index contributed by atoms with van der Waals surface area (Å²) in [6.07, 6.45) is -1.78. The van der Waals surface area contributed by atoms with Crippen molar-refractivity contribution in [2.45, 2.75) is 25.9 Å². The predicted molar refractivity (Wildman–Crippen MR) is 42.2 cm³/mol. The van der Waals surface area contributed by atoms with Crippen LogP contribution >= 0.6 is 0 Å². The molecule has 2 unspecified atom stereocenters. The molecule has 0 radical (unpaired) electrons. The number of nitrogens with zero attached hydrogens (tertiary/aromatic N) is 1. The van der Waals surface area contributed by atoms with Crippen LogP contribution in [0.1, 0.15) is 13.3 Å². The minimum absolute atomic E-state index is 0.150. The van der Waals surface area contributed by atoms with Gasteiger partial charge in [0.15, 0.2) is 0 Å². The molecule has 2 nitrogen and oxygen atoms in total. The molecule has 0 aliphatic carbocycles. The van der Waals surface area contributed by atoms with E-state index in [-0.39, 0.29) is 18.6 Å². The second-order valence-electron chi connectivity index (χ2n) is 3.44. The van der Waals surface area contributed by atoms with Gasteiger partial charge in [0.25, 0.3) is 6.43 Å². The predicted octanol–water partition coefficient (Wildman–Crippen LogP) is 0.954. The van der Waals surface area contributed by atoms with E-state index in [0.29, 0.717) is 13.1 Å². The summed E-state index contributed by atoms with van der Waals surface area (Å²) in [7, 11) is 0. The Morgan fingerprint density at radius 3 is 2.67 bits per heavy atom. The number of likely N-dealkylation sites (tertiary alicyclic amines) is 1. The summed E-state index contributed by atoms with van der Waals surface area (Å²) in [4.78, 5) is 1.71. The molecule has 1 heterocycles. The summed E-state index contributed by atoms with van der Waals surface area (Å²) >= 11 is 0. The number of halogens is 2. The second-order valence-corrected chi connectivity index (χ2v) is 3.44. The fourth-order valence-electron chi connectivity index (χ4n) is 1.62. The zero-order valence-corrected chi connectivity index (χ0v) is 7.21. The van der Waals surface area contributed by atoms with E-state index < -0.39 is 6.43 Å². The van der Waals surface area contributed by atoms with Crippen molar-refractivity contribution in [1.29, 1.82) is 0 Å². The zero-order chi connectivity index (χ0) is 9.14. The van der Waals surface area contributed by atoms with Crippen molar-refractivity contribution in [3.63, 3.8) is 0 Å². The van der Waals surface area contributed by atoms with Gasteiger partial charge in [0.1, 0.15) is 0 Å². The Kier molecular flexibility index (Phi) is 3.40. The molecule has 1 saturated heterocycles. The van der Waals surface area contributed by atoms with E-state index in [0.717, 1.165) is 6.42 Å². The van der Waals surface area contributed by atoms with Crippen LogP contribution in [0.3, 0.4) is 0 Å². The highest BCUT2D eigenvalue weighted by Crippen LogP contribution is 2.19. The fourth-order valence-corrected chi connectivity index (χ4v) is 1.62. The molecule has 12 heavy (non-hydrogen) atoms. The van der Waals surface area contributed by atoms with Crippen LogP contribution in [0, 0.1) is 5.92 Å². The molecule has 1 fully saturated rings. The van der Waals surface area contributed by atoms with Crippen LogP contribution in [-0.4, -0.2) is 42.2 Å². The second kappa shape index (κ2) is 4.14. The van der Waals surface area contributed by atoms with Gasteiger partial charge in [0.2, 0.25) is 0 Å². The molecule has 0 saturated carbocycles. The number of hydrogen-bond donors (Lipinski definition) is 1. The summed E-state index contributed by atoms with van der Waals surface area (Å²) in [5.74, 6) is 0.184. The Bertz CT molecular complexity index is 141. The van der Waals surface area contributed by atoms with Gasteiger partial charge in [0.05, 0.1) is 12.6 Å². The van der Waals surface area contributed by atoms with Crippen LogP contribution in [0.4, 0.5) is 8.78 Å². The average Bonchev–Trinajstić information content (AvgIpc) is 2.34. The van der Waals surface area contributed by atoms with E-state index in [4.69, 9.17) is 0 Å². The molecular weight excluding hydrogens is 164 g/mol. The number of aliphatic hydroxyl groups is 1. The molecule has 0 bridgehead atoms. The Morgan fingerprint density at radius 1 is 1.58 bits per heavy atom. The maximum atomic E-state index is 11.9. The lowest BCUT2D eigenvalue weighted by Gasteiger charge is -2.16. The van der Waals surface area contributed by atoms with Gasteiger partial charge in [-0.25, -0.2) is 8.78 Å². The third-order valence-electron chi connectivity index (χ3n) is 2.39. The highest BCUT2D eigenvalue weighted by atomic mass is 19.3. The van der Waals surface area contributed by atoms with Crippen LogP contribution in [0.25, 0.3) is 0 Å². The average molecular weight is 179 g/mol. The lowest BCUT2D eigenvalue weighted by molar-refractivity contribution is 0.0872. The molecule has 0 spiro atoms. The number of alkyl halides is 2. The Labute approximate surface area is 71.2 Å². The van der Waals surface area contributed by atoms with Crippen molar-refractivity contribution in [2.24, 2.45) is 5.92 Å². The van der Waals surface area contributed by atoms with Gasteiger partial charge < -0.3 is 5.11 Å². The molecule has 1 aliphatic rings. The summed E-state index contributed by atoms with van der Waals surface area (Å²) in [6, 6.07) is 0. The normalized spacial score (nSPS) is 28.2. The van der Waals surface area contributed by atoms with E-state index in [1.54, 1.807) is 11.8 Å². The first-order chi connectivity index (χ1) is 5.59. The first-order valence-electron chi connectivity index (χ1n) is 4.28. The van der Waals surface area contributed by atoms with Gasteiger partial charge in [-0.05, 0) is 25.8 Å². The minimum Gasteiger partial charge on any atom is -0.393 e. The van der Waals surface area contributed by atoms with Crippen molar-refractivity contribution in [1.82, 2.24) is 4.90 Å². The summed E-state index contributed by atoms with van der Waals surface area (Å²) in [5, 5.41) is 9.19. The van der Waals surface area contributed by atoms with Crippen molar-refractivity contribution in [3.05, 3.63) is 0 Å². The highest BCUT2D eigenvalue weighted by molar-refractivity contribution is 4.78. The molecule has 1 aliphatic heterocycles. The van der Waals surface area contributed by atoms with Crippen molar-refractivity contribution >= 4 is 0 Å². The number of aliphatic hydroxyl groups excluding tert-OH is 1. The van der Waals surface area contributed by atoms with Crippen LogP contribution in [0.2, 0.25) is 0 Å². The van der Waals surface area contributed by atoms with E-state index >= 15 is 0 Å². The Balaban J connectivity index is 2.26. The molecule has 72 valence electrons. The van der Waals surface area contributed by atoms with Crippen molar-refractivity contribution < 1.29 is 13.9 Å². The quantitative estimate of drug-likeness (QED) is 0.697. The van der Waals surface area contributed by atoms with Crippen LogP contribution in [0.15, 0.2) is 0 Å². The maximum absolute atomic E-state index is 11.9. The molecule has 0 aromatic carbocycles. The Morgan fingerprint density at radius 2 is 2.25 bits per heavy atom. The summed E-state index contributed by atoms with van der Waals surface area (Å²) in [5.41, 5.74) is 0. The number of rotatable bonds is 3. The minimum atomic E-state index is -2.25. The molecule has 4 heteroatoms.